The van der Waals surface area contributed by atoms with Gasteiger partial charge in [-0.15, -0.1) is 11.3 Å². The second-order valence-corrected chi connectivity index (χ2v) is 5.19. The molecule has 17 heavy (non-hydrogen) atoms. The maximum atomic E-state index is 9.03. The second-order valence-electron chi connectivity index (χ2n) is 4.33. The number of hydrogen-bond acceptors (Lipinski definition) is 3. The number of fused-ring (bicyclic) bond motifs is 1. The molecule has 0 atom stereocenters. The van der Waals surface area contributed by atoms with Gasteiger partial charge in [-0.25, -0.2) is 4.98 Å². The summed E-state index contributed by atoms with van der Waals surface area (Å²) in [7, 11) is 0. The number of benzene rings is 1. The van der Waals surface area contributed by atoms with Gasteiger partial charge in [-0.3, -0.25) is 0 Å². The van der Waals surface area contributed by atoms with Gasteiger partial charge >= 0.3 is 0 Å². The molecule has 1 aliphatic rings. The predicted octanol–water partition coefficient (Wildman–Crippen LogP) is 3.56. The van der Waals surface area contributed by atoms with E-state index in [1.165, 1.54) is 41.7 Å². The highest BCUT2D eigenvalue weighted by Crippen LogP contribution is 2.29. The topological polar surface area (TPSA) is 36.7 Å². The van der Waals surface area contributed by atoms with E-state index in [1.807, 2.05) is 0 Å². The van der Waals surface area contributed by atoms with Gasteiger partial charge in [0.15, 0.2) is 0 Å². The third-order valence-corrected chi connectivity index (χ3v) is 4.02. The van der Waals surface area contributed by atoms with Gasteiger partial charge in [0.1, 0.15) is 10.9 Å². The summed E-state index contributed by atoms with van der Waals surface area (Å²) in [5.74, 6) is 0. The molecule has 0 saturated carbocycles. The SMILES string of the molecule is N#Cc1scnc1-c1ccc2c(c1)CCCC2. The molecule has 0 saturated heterocycles. The standard InChI is InChI=1S/C14H12N2S/c15-8-13-14(16-9-17-13)12-6-5-10-3-1-2-4-11(10)7-12/h5-7,9H,1-4H2. The molecule has 1 heterocycles. The summed E-state index contributed by atoms with van der Waals surface area (Å²) < 4.78 is 0. The Labute approximate surface area is 105 Å². The molecular weight excluding hydrogens is 228 g/mol. The molecule has 0 unspecified atom stereocenters. The average molecular weight is 240 g/mol. The number of hydrogen-bond donors (Lipinski definition) is 0. The molecule has 0 N–H and O–H groups in total. The zero-order valence-corrected chi connectivity index (χ0v) is 10.3. The minimum absolute atomic E-state index is 0.709. The zero-order chi connectivity index (χ0) is 11.7. The smallest absolute Gasteiger partial charge is 0.132 e. The van der Waals surface area contributed by atoms with Crippen LogP contribution in [-0.4, -0.2) is 4.98 Å². The Balaban J connectivity index is 2.08. The van der Waals surface area contributed by atoms with Crippen molar-refractivity contribution in [1.82, 2.24) is 4.98 Å². The molecule has 3 heteroatoms. The average Bonchev–Trinajstić information content (AvgIpc) is 2.86. The van der Waals surface area contributed by atoms with Crippen LogP contribution in [0.4, 0.5) is 0 Å². The van der Waals surface area contributed by atoms with E-state index >= 15 is 0 Å². The van der Waals surface area contributed by atoms with E-state index in [-0.39, 0.29) is 0 Å². The van der Waals surface area contributed by atoms with Gasteiger partial charge in [-0.1, -0.05) is 12.1 Å². The monoisotopic (exact) mass is 240 g/mol. The van der Waals surface area contributed by atoms with Crippen molar-refractivity contribution in [3.63, 3.8) is 0 Å². The van der Waals surface area contributed by atoms with Crippen molar-refractivity contribution in [2.24, 2.45) is 0 Å². The Bertz CT molecular complexity index is 593. The van der Waals surface area contributed by atoms with Crippen LogP contribution in [0.15, 0.2) is 23.7 Å². The van der Waals surface area contributed by atoms with E-state index in [4.69, 9.17) is 5.26 Å². The van der Waals surface area contributed by atoms with Gasteiger partial charge in [-0.2, -0.15) is 5.26 Å². The third kappa shape index (κ3) is 1.85. The lowest BCUT2D eigenvalue weighted by atomic mass is 9.90. The number of rotatable bonds is 1. The lowest BCUT2D eigenvalue weighted by Crippen LogP contribution is -2.02. The molecule has 84 valence electrons. The summed E-state index contributed by atoms with van der Waals surface area (Å²) in [6, 6.07) is 8.72. The van der Waals surface area contributed by atoms with Crippen LogP contribution in [-0.2, 0) is 12.8 Å². The van der Waals surface area contributed by atoms with Crippen LogP contribution in [0, 0.1) is 11.3 Å². The molecule has 0 amide bonds. The molecule has 0 radical (unpaired) electrons. The highest BCUT2D eigenvalue weighted by Gasteiger charge is 2.13. The van der Waals surface area contributed by atoms with Crippen LogP contribution in [0.5, 0.6) is 0 Å². The third-order valence-electron chi connectivity index (χ3n) is 3.29. The van der Waals surface area contributed by atoms with Crippen molar-refractivity contribution in [2.45, 2.75) is 25.7 Å². The Morgan fingerprint density at radius 3 is 2.82 bits per heavy atom. The summed E-state index contributed by atoms with van der Waals surface area (Å²) in [6.45, 7) is 0. The summed E-state index contributed by atoms with van der Waals surface area (Å²) in [6.07, 6.45) is 4.93. The molecule has 1 aliphatic carbocycles. The second kappa shape index (κ2) is 4.31. The maximum absolute atomic E-state index is 9.03. The molecule has 0 fully saturated rings. The van der Waals surface area contributed by atoms with E-state index < -0.39 is 0 Å². The molecule has 1 aromatic heterocycles. The van der Waals surface area contributed by atoms with Gasteiger partial charge in [0.25, 0.3) is 0 Å². The van der Waals surface area contributed by atoms with Crippen LogP contribution >= 0.6 is 11.3 Å². The normalized spacial score (nSPS) is 14.1. The van der Waals surface area contributed by atoms with E-state index in [1.54, 1.807) is 5.51 Å². The first-order valence-electron chi connectivity index (χ1n) is 5.84. The van der Waals surface area contributed by atoms with Crippen LogP contribution in [0.3, 0.4) is 0 Å². The van der Waals surface area contributed by atoms with Crippen LogP contribution < -0.4 is 0 Å². The molecule has 2 nitrogen and oxygen atoms in total. The fourth-order valence-corrected chi connectivity index (χ4v) is 3.01. The summed E-state index contributed by atoms with van der Waals surface area (Å²) in [5, 5.41) is 9.03. The minimum Gasteiger partial charge on any atom is -0.243 e. The van der Waals surface area contributed by atoms with Gasteiger partial charge < -0.3 is 0 Å². The zero-order valence-electron chi connectivity index (χ0n) is 9.44. The first-order valence-corrected chi connectivity index (χ1v) is 6.72. The van der Waals surface area contributed by atoms with E-state index in [2.05, 4.69) is 29.3 Å². The number of aromatic nitrogens is 1. The van der Waals surface area contributed by atoms with Crippen molar-refractivity contribution in [2.75, 3.05) is 0 Å². The summed E-state index contributed by atoms with van der Waals surface area (Å²) in [4.78, 5) is 5.01. The summed E-state index contributed by atoms with van der Waals surface area (Å²) >= 11 is 1.41. The van der Waals surface area contributed by atoms with E-state index in [0.717, 1.165) is 17.7 Å². The van der Waals surface area contributed by atoms with Gasteiger partial charge in [-0.05, 0) is 42.9 Å². The molecule has 2 aromatic rings. The number of nitriles is 1. The molecule has 0 bridgehead atoms. The van der Waals surface area contributed by atoms with Crippen molar-refractivity contribution < 1.29 is 0 Å². The van der Waals surface area contributed by atoms with Crippen LogP contribution in [0.1, 0.15) is 28.8 Å². The van der Waals surface area contributed by atoms with Gasteiger partial charge in [0.2, 0.25) is 0 Å². The summed E-state index contributed by atoms with van der Waals surface area (Å²) in [5.41, 5.74) is 6.57. The number of aryl methyl sites for hydroxylation is 2. The molecular formula is C14H12N2S. The fourth-order valence-electron chi connectivity index (χ4n) is 2.41. The Hall–Kier alpha value is -1.66. The molecule has 3 rings (SSSR count). The number of thiazole rings is 1. The highest BCUT2D eigenvalue weighted by atomic mass is 32.1. The number of nitrogens with zero attached hydrogens (tertiary/aromatic N) is 2. The van der Waals surface area contributed by atoms with E-state index in [9.17, 15) is 0 Å². The molecule has 0 aliphatic heterocycles. The van der Waals surface area contributed by atoms with Crippen molar-refractivity contribution in [3.8, 4) is 17.3 Å². The van der Waals surface area contributed by atoms with E-state index in [0.29, 0.717) is 4.88 Å². The first kappa shape index (κ1) is 10.5. The lowest BCUT2D eigenvalue weighted by molar-refractivity contribution is 0.686. The largest absolute Gasteiger partial charge is 0.243 e. The Kier molecular flexibility index (Phi) is 2.66. The quantitative estimate of drug-likeness (QED) is 0.764. The molecule has 0 spiro atoms. The van der Waals surface area contributed by atoms with Crippen LogP contribution in [0.25, 0.3) is 11.3 Å². The Morgan fingerprint density at radius 1 is 1.18 bits per heavy atom. The maximum Gasteiger partial charge on any atom is 0.132 e. The van der Waals surface area contributed by atoms with Gasteiger partial charge in [0, 0.05) is 5.56 Å². The first-order chi connectivity index (χ1) is 8.38. The van der Waals surface area contributed by atoms with Crippen molar-refractivity contribution in [1.29, 1.82) is 5.26 Å². The Morgan fingerprint density at radius 2 is 2.00 bits per heavy atom. The van der Waals surface area contributed by atoms with Crippen molar-refractivity contribution >= 4 is 11.3 Å². The van der Waals surface area contributed by atoms with Crippen LogP contribution in [0.2, 0.25) is 0 Å². The predicted molar refractivity (Wildman–Crippen MR) is 68.9 cm³/mol. The molecule has 1 aromatic carbocycles. The van der Waals surface area contributed by atoms with Crippen molar-refractivity contribution in [3.05, 3.63) is 39.7 Å². The fraction of sp³-hybridized carbons (Fsp3) is 0.286. The highest BCUT2D eigenvalue weighted by molar-refractivity contribution is 7.10. The lowest BCUT2D eigenvalue weighted by Gasteiger charge is -2.16. The van der Waals surface area contributed by atoms with Gasteiger partial charge in [0.05, 0.1) is 11.2 Å². The minimum atomic E-state index is 0.709.